The maximum absolute atomic E-state index is 14.7. The van der Waals surface area contributed by atoms with Crippen LogP contribution in [0.5, 0.6) is 11.5 Å². The third-order valence-electron chi connectivity index (χ3n) is 12.2. The summed E-state index contributed by atoms with van der Waals surface area (Å²) in [4.78, 5) is 62.9. The Balaban J connectivity index is 1.31. The number of nitrogens with zero attached hydrogens (tertiary/aromatic N) is 2. The summed E-state index contributed by atoms with van der Waals surface area (Å²) in [5.74, 6) is -3.61. The molecule has 2 fully saturated rings. The van der Waals surface area contributed by atoms with E-state index in [4.69, 9.17) is 24.4 Å². The number of nitrogens with one attached hydrogen (secondary N) is 3. The van der Waals surface area contributed by atoms with Crippen molar-refractivity contribution in [2.75, 3.05) is 13.3 Å². The van der Waals surface area contributed by atoms with Crippen LogP contribution in [0.1, 0.15) is 86.6 Å². The fourth-order valence-electron chi connectivity index (χ4n) is 9.15. The van der Waals surface area contributed by atoms with Gasteiger partial charge in [0.1, 0.15) is 48.6 Å². The predicted octanol–water partition coefficient (Wildman–Crippen LogP) is -0.150. The van der Waals surface area contributed by atoms with Crippen molar-refractivity contribution in [2.24, 2.45) is 9.98 Å². The largest absolute Gasteiger partial charge is 0.492 e. The van der Waals surface area contributed by atoms with E-state index in [1.807, 2.05) is 0 Å². The number of amidine groups is 1. The number of aldehydes is 1. The molecule has 3 aromatic rings. The van der Waals surface area contributed by atoms with Crippen LogP contribution >= 0.6 is 0 Å². The maximum Gasteiger partial charge on any atom is 0.284 e. The second kappa shape index (κ2) is 15.8. The van der Waals surface area contributed by atoms with Gasteiger partial charge in [-0.1, -0.05) is 24.3 Å². The molecule has 2 bridgehead atoms. The molecule has 3 aromatic carbocycles. The molecule has 6 aliphatic rings. The first kappa shape index (κ1) is 40.4. The molecule has 8 N–H and O–H groups in total. The highest BCUT2D eigenvalue weighted by Crippen LogP contribution is 2.50. The average molecular weight is 837 g/mol. The summed E-state index contributed by atoms with van der Waals surface area (Å²) in [6.07, 6.45) is -4.16. The number of fused-ring (bicyclic) bond motifs is 7. The third-order valence-corrected chi connectivity index (χ3v) is 12.2. The molecular formula is C43H42N5O13+. The number of guanidine groups is 1. The minimum absolute atomic E-state index is 0.0254. The molecule has 9 rings (SSSR count). The Bertz CT molecular complexity index is 2460. The fraction of sp³-hybridized carbons (Fsp3) is 0.372. The number of aliphatic hydroxyl groups excluding tert-OH is 5. The van der Waals surface area contributed by atoms with Gasteiger partial charge in [0.25, 0.3) is 11.7 Å². The molecule has 1 saturated heterocycles. The number of ketones is 2. The number of quaternary nitrogens is 1. The zero-order chi connectivity index (χ0) is 42.7. The molecule has 1 amide bonds. The van der Waals surface area contributed by atoms with Crippen LogP contribution in [0.25, 0.3) is 0 Å². The summed E-state index contributed by atoms with van der Waals surface area (Å²) in [5, 5.41) is 65.5. The third kappa shape index (κ3) is 6.76. The van der Waals surface area contributed by atoms with E-state index in [-0.39, 0.29) is 69.9 Å². The van der Waals surface area contributed by atoms with Crippen LogP contribution in [0.15, 0.2) is 70.9 Å². The van der Waals surface area contributed by atoms with Crippen molar-refractivity contribution in [2.45, 2.75) is 87.0 Å². The van der Waals surface area contributed by atoms with Gasteiger partial charge in [-0.15, -0.1) is 0 Å². The van der Waals surface area contributed by atoms with E-state index >= 15 is 0 Å². The summed E-state index contributed by atoms with van der Waals surface area (Å²) in [6.45, 7) is -0.968. The zero-order valence-electron chi connectivity index (χ0n) is 32.4. The smallest absolute Gasteiger partial charge is 0.284 e. The Kier molecular flexibility index (Phi) is 10.5. The number of hydrogen-bond donors (Lipinski definition) is 8. The molecule has 0 radical (unpaired) electrons. The van der Waals surface area contributed by atoms with Crippen molar-refractivity contribution in [3.63, 3.8) is 0 Å². The van der Waals surface area contributed by atoms with Gasteiger partial charge in [-0.05, 0) is 61.6 Å². The van der Waals surface area contributed by atoms with Gasteiger partial charge in [0.2, 0.25) is 18.0 Å². The lowest BCUT2D eigenvalue weighted by Crippen LogP contribution is -3.09. The summed E-state index contributed by atoms with van der Waals surface area (Å²) in [5.41, 5.74) is 0.0581. The normalized spacial score (nSPS) is 28.4. The van der Waals surface area contributed by atoms with Crippen LogP contribution in [0.3, 0.4) is 0 Å². The predicted molar refractivity (Wildman–Crippen MR) is 211 cm³/mol. The summed E-state index contributed by atoms with van der Waals surface area (Å²) >= 11 is 0. The van der Waals surface area contributed by atoms with Crippen LogP contribution in [0, 0.1) is 5.41 Å². The van der Waals surface area contributed by atoms with E-state index in [1.54, 1.807) is 30.3 Å². The molecule has 8 atom stereocenters. The number of ether oxygens (including phenoxy) is 4. The highest BCUT2D eigenvalue weighted by atomic mass is 16.7. The van der Waals surface area contributed by atoms with E-state index in [1.165, 1.54) is 30.5 Å². The highest BCUT2D eigenvalue weighted by Gasteiger charge is 2.56. The number of hydrogen-bond acceptors (Lipinski definition) is 15. The maximum atomic E-state index is 14.7. The number of carbonyl (C=O) groups excluding carboxylic acids is 4. The fourth-order valence-corrected chi connectivity index (χ4v) is 9.15. The average Bonchev–Trinajstić information content (AvgIpc) is 3.91. The number of aliphatic hydroxyl groups is 5. The molecule has 1 unspecified atom stereocenters. The van der Waals surface area contributed by atoms with Crippen LogP contribution in [-0.4, -0.2) is 122 Å². The van der Waals surface area contributed by atoms with Gasteiger partial charge in [0.15, 0.2) is 29.7 Å². The SMILES string of the molecule is N=C1N=C2C(=NC[NH+]2c2ccccc2[C@@H]2/C=C\OC3(CCCC3)[C@@H]3O[C@H](Oc4c2cc2c(c4OC[C@H](O)CC=O)C(=O)c4cc(CO)ccc4C2=O)[C@@H](O)[C@H](O)[C@H]3O)C(=O)N1. The first-order valence-electron chi connectivity index (χ1n) is 19.9. The minimum atomic E-state index is -1.87. The van der Waals surface area contributed by atoms with Crippen molar-refractivity contribution >= 4 is 47.0 Å². The number of aliphatic imine (C=N–C) groups is 2. The van der Waals surface area contributed by atoms with Gasteiger partial charge in [-0.25, -0.2) is 9.89 Å². The van der Waals surface area contributed by atoms with E-state index < -0.39 is 79.0 Å². The number of allylic oxidation sites excluding steroid dienone is 1. The number of carbonyl (C=O) groups is 4. The lowest BCUT2D eigenvalue weighted by molar-refractivity contribution is -0.723. The minimum Gasteiger partial charge on any atom is -0.492 e. The molecule has 18 heteroatoms. The summed E-state index contributed by atoms with van der Waals surface area (Å²) in [6, 6.07) is 12.9. The van der Waals surface area contributed by atoms with Crippen molar-refractivity contribution in [3.8, 4) is 11.5 Å². The number of amides is 1. The molecule has 4 aliphatic heterocycles. The van der Waals surface area contributed by atoms with Crippen LogP contribution in [-0.2, 0) is 25.7 Å². The molecule has 61 heavy (non-hydrogen) atoms. The number of para-hydroxylation sites is 1. The van der Waals surface area contributed by atoms with E-state index in [9.17, 15) is 44.7 Å². The molecule has 2 aliphatic carbocycles. The van der Waals surface area contributed by atoms with Gasteiger partial charge >= 0.3 is 0 Å². The van der Waals surface area contributed by atoms with Crippen LogP contribution in [0.4, 0.5) is 5.69 Å². The Morgan fingerprint density at radius 3 is 2.54 bits per heavy atom. The Morgan fingerprint density at radius 1 is 0.984 bits per heavy atom. The van der Waals surface area contributed by atoms with E-state index in [0.29, 0.717) is 53.7 Å². The Morgan fingerprint density at radius 2 is 1.77 bits per heavy atom. The van der Waals surface area contributed by atoms with E-state index in [2.05, 4.69) is 15.3 Å². The van der Waals surface area contributed by atoms with Gasteiger partial charge in [0, 0.05) is 40.2 Å². The topological polar surface area (TPSA) is 271 Å². The molecule has 316 valence electrons. The Labute approximate surface area is 347 Å². The molecular weight excluding hydrogens is 794 g/mol. The van der Waals surface area contributed by atoms with Crippen molar-refractivity contribution < 1.29 is 68.6 Å². The van der Waals surface area contributed by atoms with Gasteiger partial charge in [-0.2, -0.15) is 4.99 Å². The zero-order valence-corrected chi connectivity index (χ0v) is 32.4. The van der Waals surface area contributed by atoms with Gasteiger partial charge in [0.05, 0.1) is 24.5 Å². The molecule has 1 saturated carbocycles. The second-order valence-corrected chi connectivity index (χ2v) is 15.8. The monoisotopic (exact) mass is 836 g/mol. The first-order chi connectivity index (χ1) is 29.4. The highest BCUT2D eigenvalue weighted by molar-refractivity contribution is 6.68. The van der Waals surface area contributed by atoms with Crippen LogP contribution < -0.4 is 19.7 Å². The quantitative estimate of drug-likeness (QED) is 0.108. The molecule has 1 spiro atoms. The molecule has 0 aromatic heterocycles. The first-order valence-corrected chi connectivity index (χ1v) is 19.9. The van der Waals surface area contributed by atoms with Crippen molar-refractivity contribution in [3.05, 3.63) is 99.8 Å². The van der Waals surface area contributed by atoms with Gasteiger partial charge < -0.3 is 49.3 Å². The van der Waals surface area contributed by atoms with Crippen molar-refractivity contribution in [1.29, 1.82) is 5.41 Å². The van der Waals surface area contributed by atoms with E-state index in [0.717, 1.165) is 0 Å². The van der Waals surface area contributed by atoms with Crippen LogP contribution in [0.2, 0.25) is 0 Å². The number of rotatable bonds is 8. The lowest BCUT2D eigenvalue weighted by atomic mass is 9.79. The summed E-state index contributed by atoms with van der Waals surface area (Å²) in [7, 11) is 0. The lowest BCUT2D eigenvalue weighted by Gasteiger charge is -2.47. The van der Waals surface area contributed by atoms with Gasteiger partial charge in [-0.3, -0.25) is 25.1 Å². The standard InChI is InChI=1S/C43H41N5O13/c44-42-46-39-30(40(57)47-42)45-19-48(39)28-6-2-1-5-23(28)22-10-14-59-43(11-3-4-12-43)38-34(55)33(54)35(56)41(61-38)60-36-26(22)16-27-29(37(36)58-18-21(51)9-13-49)32(53)25-15-20(17-50)7-8-24(25)31(27)52/h1-2,5-8,10,13-16,21-22,33-35,38,41,50-51,54-56H,3-4,9,11-12,17-19H2,(H2,44,47,57)/p+1/b14-10-/t21-,22+,33-,34-,35+,38-,41+/m1/s1. The Hall–Kier alpha value is -5.99. The molecule has 18 nitrogen and oxygen atoms in total. The molecule has 4 heterocycles. The second-order valence-electron chi connectivity index (χ2n) is 15.8. The van der Waals surface area contributed by atoms with Crippen molar-refractivity contribution in [1.82, 2.24) is 5.32 Å². The number of benzene rings is 3. The summed E-state index contributed by atoms with van der Waals surface area (Å²) < 4.78 is 25.8.